The van der Waals surface area contributed by atoms with Gasteiger partial charge in [-0.3, -0.25) is 4.79 Å². The van der Waals surface area contributed by atoms with Crippen molar-refractivity contribution in [2.45, 2.75) is 18.9 Å². The third-order valence-corrected chi connectivity index (χ3v) is 3.44. The van der Waals surface area contributed by atoms with Crippen LogP contribution in [-0.2, 0) is 0 Å². The first-order valence-corrected chi connectivity index (χ1v) is 6.64. The van der Waals surface area contributed by atoms with Crippen LogP contribution in [0.15, 0.2) is 18.3 Å². The fraction of sp³-hybridized carbons (Fsp3) is 0.500. The Balaban J connectivity index is 2.11. The average Bonchev–Trinajstić information content (AvgIpc) is 2.85. The van der Waals surface area contributed by atoms with Crippen LogP contribution in [0, 0.1) is 0 Å². The van der Waals surface area contributed by atoms with Crippen LogP contribution in [0.4, 0.5) is 0 Å². The largest absolute Gasteiger partial charge is 0.477 e. The lowest BCUT2D eigenvalue weighted by Gasteiger charge is -2.27. The van der Waals surface area contributed by atoms with Crippen molar-refractivity contribution in [1.82, 2.24) is 14.8 Å². The number of carbonyl (C=O) groups is 2. The van der Waals surface area contributed by atoms with Crippen LogP contribution in [0.25, 0.3) is 0 Å². The molecule has 1 aliphatic heterocycles. The lowest BCUT2D eigenvalue weighted by molar-refractivity contribution is 0.0683. The summed E-state index contributed by atoms with van der Waals surface area (Å²) in [7, 11) is 3.98. The summed E-state index contributed by atoms with van der Waals surface area (Å²) in [5.74, 6) is -1.16. The van der Waals surface area contributed by atoms with Crippen molar-refractivity contribution < 1.29 is 14.7 Å². The fourth-order valence-corrected chi connectivity index (χ4v) is 2.53. The van der Waals surface area contributed by atoms with E-state index in [2.05, 4.69) is 9.88 Å². The van der Waals surface area contributed by atoms with Gasteiger partial charge >= 0.3 is 5.97 Å². The van der Waals surface area contributed by atoms with Crippen molar-refractivity contribution in [3.63, 3.8) is 0 Å². The lowest BCUT2D eigenvalue weighted by atomic mass is 10.2. The van der Waals surface area contributed by atoms with Gasteiger partial charge in [0.25, 0.3) is 5.91 Å². The van der Waals surface area contributed by atoms with E-state index in [-0.39, 0.29) is 17.6 Å². The normalized spacial score (nSPS) is 18.6. The Morgan fingerprint density at radius 3 is 2.75 bits per heavy atom. The zero-order chi connectivity index (χ0) is 14.7. The van der Waals surface area contributed by atoms with E-state index in [1.807, 2.05) is 19.0 Å². The number of pyridine rings is 1. The van der Waals surface area contributed by atoms with Crippen LogP contribution in [0.2, 0.25) is 0 Å². The minimum Gasteiger partial charge on any atom is -0.477 e. The molecule has 1 aromatic rings. The third kappa shape index (κ3) is 3.14. The van der Waals surface area contributed by atoms with Gasteiger partial charge in [-0.2, -0.15) is 0 Å². The van der Waals surface area contributed by atoms with Gasteiger partial charge in [0.2, 0.25) is 0 Å². The van der Waals surface area contributed by atoms with E-state index in [4.69, 9.17) is 5.11 Å². The van der Waals surface area contributed by atoms with E-state index >= 15 is 0 Å². The molecule has 1 amide bonds. The highest BCUT2D eigenvalue weighted by molar-refractivity contribution is 5.95. The van der Waals surface area contributed by atoms with Gasteiger partial charge in [-0.25, -0.2) is 9.78 Å². The van der Waals surface area contributed by atoms with Gasteiger partial charge in [-0.05, 0) is 39.1 Å². The van der Waals surface area contributed by atoms with Crippen molar-refractivity contribution >= 4 is 11.9 Å². The molecular formula is C14H19N3O3. The topological polar surface area (TPSA) is 73.7 Å². The number of likely N-dealkylation sites (N-methyl/N-ethyl adjacent to an activating group) is 1. The molecule has 0 saturated carbocycles. The zero-order valence-electron chi connectivity index (χ0n) is 11.7. The van der Waals surface area contributed by atoms with Crippen molar-refractivity contribution in [3.05, 3.63) is 29.6 Å². The van der Waals surface area contributed by atoms with E-state index in [1.165, 1.54) is 18.3 Å². The second-order valence-electron chi connectivity index (χ2n) is 5.29. The number of carboxylic acid groups (broad SMARTS) is 1. The Morgan fingerprint density at radius 2 is 2.20 bits per heavy atom. The molecule has 0 spiro atoms. The van der Waals surface area contributed by atoms with Crippen LogP contribution in [-0.4, -0.2) is 65.0 Å². The molecule has 0 bridgehead atoms. The van der Waals surface area contributed by atoms with Gasteiger partial charge in [0.05, 0.1) is 5.56 Å². The summed E-state index contributed by atoms with van der Waals surface area (Å²) in [6.07, 6.45) is 3.35. The number of hydrogen-bond donors (Lipinski definition) is 1. The molecule has 1 aliphatic rings. The van der Waals surface area contributed by atoms with E-state index in [0.29, 0.717) is 5.56 Å². The first-order chi connectivity index (χ1) is 9.49. The number of nitrogens with zero attached hydrogens (tertiary/aromatic N) is 3. The number of aromatic nitrogens is 1. The first kappa shape index (κ1) is 14.5. The van der Waals surface area contributed by atoms with E-state index < -0.39 is 5.97 Å². The molecule has 6 heteroatoms. The van der Waals surface area contributed by atoms with Gasteiger partial charge < -0.3 is 14.9 Å². The standard InChI is InChI=1S/C14H19N3O3/c1-16(2)9-11-4-3-7-17(11)13(18)10-5-6-12(14(19)20)15-8-10/h5-6,8,11H,3-4,7,9H2,1-2H3,(H,19,20). The molecule has 1 unspecified atom stereocenters. The summed E-state index contributed by atoms with van der Waals surface area (Å²) < 4.78 is 0. The third-order valence-electron chi connectivity index (χ3n) is 3.44. The summed E-state index contributed by atoms with van der Waals surface area (Å²) in [5, 5.41) is 8.80. The van der Waals surface area contributed by atoms with Crippen LogP contribution in [0.3, 0.4) is 0 Å². The smallest absolute Gasteiger partial charge is 0.354 e. The van der Waals surface area contributed by atoms with Gasteiger partial charge in [0, 0.05) is 25.3 Å². The Bertz CT molecular complexity index is 499. The molecule has 0 radical (unpaired) electrons. The maximum Gasteiger partial charge on any atom is 0.354 e. The Labute approximate surface area is 118 Å². The predicted molar refractivity (Wildman–Crippen MR) is 73.8 cm³/mol. The fourth-order valence-electron chi connectivity index (χ4n) is 2.53. The molecule has 1 atom stereocenters. The number of rotatable bonds is 4. The summed E-state index contributed by atoms with van der Waals surface area (Å²) in [6.45, 7) is 1.59. The first-order valence-electron chi connectivity index (χ1n) is 6.64. The lowest BCUT2D eigenvalue weighted by Crippen LogP contribution is -2.41. The Morgan fingerprint density at radius 1 is 1.45 bits per heavy atom. The predicted octanol–water partition coefficient (Wildman–Crippen LogP) is 0.946. The second kappa shape index (κ2) is 6.00. The number of aromatic carboxylic acids is 1. The van der Waals surface area contributed by atoms with Crippen molar-refractivity contribution in [2.75, 3.05) is 27.2 Å². The van der Waals surface area contributed by atoms with Crippen LogP contribution in [0.1, 0.15) is 33.7 Å². The number of hydrogen-bond acceptors (Lipinski definition) is 4. The van der Waals surface area contributed by atoms with Gasteiger partial charge in [0.15, 0.2) is 0 Å². The Hall–Kier alpha value is -1.95. The molecule has 20 heavy (non-hydrogen) atoms. The average molecular weight is 277 g/mol. The summed E-state index contributed by atoms with van der Waals surface area (Å²) in [5.41, 5.74) is 0.397. The molecule has 108 valence electrons. The molecule has 0 aromatic carbocycles. The van der Waals surface area contributed by atoms with Crippen molar-refractivity contribution in [1.29, 1.82) is 0 Å². The molecular weight excluding hydrogens is 258 g/mol. The number of likely N-dealkylation sites (tertiary alicyclic amines) is 1. The zero-order valence-corrected chi connectivity index (χ0v) is 11.7. The summed E-state index contributed by atoms with van der Waals surface area (Å²) in [6, 6.07) is 3.12. The maximum atomic E-state index is 12.4. The SMILES string of the molecule is CN(C)CC1CCCN1C(=O)c1ccc(C(=O)O)nc1. The highest BCUT2D eigenvalue weighted by atomic mass is 16.4. The van der Waals surface area contributed by atoms with Gasteiger partial charge in [0.1, 0.15) is 5.69 Å². The number of carbonyl (C=O) groups excluding carboxylic acids is 1. The number of carboxylic acids is 1. The Kier molecular flexibility index (Phi) is 4.34. The van der Waals surface area contributed by atoms with Gasteiger partial charge in [-0.15, -0.1) is 0 Å². The number of amides is 1. The van der Waals surface area contributed by atoms with Crippen molar-refractivity contribution in [2.24, 2.45) is 0 Å². The molecule has 2 rings (SSSR count). The van der Waals surface area contributed by atoms with Crippen LogP contribution < -0.4 is 0 Å². The van der Waals surface area contributed by atoms with Crippen molar-refractivity contribution in [3.8, 4) is 0 Å². The van der Waals surface area contributed by atoms with E-state index in [1.54, 1.807) is 0 Å². The van der Waals surface area contributed by atoms with E-state index in [9.17, 15) is 9.59 Å². The molecule has 1 aromatic heterocycles. The molecule has 1 fully saturated rings. The van der Waals surface area contributed by atoms with Crippen LogP contribution in [0.5, 0.6) is 0 Å². The highest BCUT2D eigenvalue weighted by Crippen LogP contribution is 2.20. The molecule has 6 nitrogen and oxygen atoms in total. The second-order valence-corrected chi connectivity index (χ2v) is 5.29. The van der Waals surface area contributed by atoms with Crippen LogP contribution >= 0.6 is 0 Å². The minimum atomic E-state index is -1.09. The highest BCUT2D eigenvalue weighted by Gasteiger charge is 2.29. The summed E-state index contributed by atoms with van der Waals surface area (Å²) >= 11 is 0. The molecule has 1 N–H and O–H groups in total. The summed E-state index contributed by atoms with van der Waals surface area (Å²) in [4.78, 5) is 30.9. The molecule has 2 heterocycles. The molecule has 1 saturated heterocycles. The van der Waals surface area contributed by atoms with E-state index in [0.717, 1.165) is 25.9 Å². The monoisotopic (exact) mass is 277 g/mol. The quantitative estimate of drug-likeness (QED) is 0.887. The maximum absolute atomic E-state index is 12.4. The van der Waals surface area contributed by atoms with Gasteiger partial charge in [-0.1, -0.05) is 0 Å². The molecule has 0 aliphatic carbocycles. The minimum absolute atomic E-state index is 0.0483.